The van der Waals surface area contributed by atoms with E-state index in [0.29, 0.717) is 5.82 Å². The molecule has 1 aliphatic heterocycles. The molecule has 21 heavy (non-hydrogen) atoms. The van der Waals surface area contributed by atoms with Crippen molar-refractivity contribution in [3.63, 3.8) is 0 Å². The number of anilines is 2. The van der Waals surface area contributed by atoms with Crippen LogP contribution in [0.3, 0.4) is 0 Å². The Kier molecular flexibility index (Phi) is 4.53. The molecule has 0 aromatic carbocycles. The summed E-state index contributed by atoms with van der Waals surface area (Å²) in [4.78, 5) is 18.8. The van der Waals surface area contributed by atoms with Gasteiger partial charge in [0.2, 0.25) is 5.95 Å². The lowest BCUT2D eigenvalue weighted by Crippen LogP contribution is -2.56. The molecule has 2 heterocycles. The van der Waals surface area contributed by atoms with E-state index in [1.807, 2.05) is 25.8 Å². The largest absolute Gasteiger partial charge is 0.465 e. The molecule has 1 fully saturated rings. The predicted octanol–water partition coefficient (Wildman–Crippen LogP) is 2.49. The van der Waals surface area contributed by atoms with Crippen molar-refractivity contribution in [2.45, 2.75) is 25.9 Å². The Hall–Kier alpha value is -1.60. The van der Waals surface area contributed by atoms with Crippen molar-refractivity contribution in [2.24, 2.45) is 0 Å². The fraction of sp³-hybridized carbons (Fsp3) is 0.538. The maximum absolute atomic E-state index is 13.9. The molecule has 0 unspecified atom stereocenters. The molecule has 1 saturated heterocycles. The number of amides is 1. The fourth-order valence-electron chi connectivity index (χ4n) is 2.86. The Labute approximate surface area is 127 Å². The Bertz CT molecular complexity index is 545. The number of nitrogens with one attached hydrogen (secondary N) is 1. The van der Waals surface area contributed by atoms with Crippen LogP contribution in [-0.2, 0) is 0 Å². The van der Waals surface area contributed by atoms with Crippen LogP contribution in [0, 0.1) is 5.95 Å². The van der Waals surface area contributed by atoms with E-state index >= 15 is 0 Å². The zero-order chi connectivity index (χ0) is 15.7. The summed E-state index contributed by atoms with van der Waals surface area (Å²) in [6.45, 7) is 5.67. The van der Waals surface area contributed by atoms with Crippen molar-refractivity contribution < 1.29 is 14.3 Å². The third-order valence-electron chi connectivity index (χ3n) is 3.51. The second-order valence-electron chi connectivity index (χ2n) is 5.39. The first-order valence-corrected chi connectivity index (χ1v) is 7.00. The van der Waals surface area contributed by atoms with Crippen molar-refractivity contribution in [3.8, 4) is 0 Å². The van der Waals surface area contributed by atoms with Crippen LogP contribution >= 0.6 is 11.6 Å². The number of rotatable bonds is 2. The van der Waals surface area contributed by atoms with Gasteiger partial charge in [-0.3, -0.25) is 5.32 Å². The highest BCUT2D eigenvalue weighted by molar-refractivity contribution is 6.33. The summed E-state index contributed by atoms with van der Waals surface area (Å²) in [7, 11) is 2.03. The quantitative estimate of drug-likeness (QED) is 0.820. The van der Waals surface area contributed by atoms with Crippen LogP contribution < -0.4 is 10.2 Å². The summed E-state index contributed by atoms with van der Waals surface area (Å²) >= 11 is 5.75. The number of carbonyl (C=O) groups is 1. The van der Waals surface area contributed by atoms with Gasteiger partial charge in [0.1, 0.15) is 10.8 Å². The van der Waals surface area contributed by atoms with Crippen LogP contribution in [0.15, 0.2) is 6.07 Å². The maximum atomic E-state index is 13.9. The minimum Gasteiger partial charge on any atom is -0.465 e. The highest BCUT2D eigenvalue weighted by Gasteiger charge is 2.30. The smallest absolute Gasteiger partial charge is 0.409 e. The van der Waals surface area contributed by atoms with E-state index in [-0.39, 0.29) is 22.8 Å². The number of aromatic nitrogens is 1. The number of nitrogens with zero attached hydrogens (tertiary/aromatic N) is 3. The van der Waals surface area contributed by atoms with E-state index in [1.54, 1.807) is 0 Å². The monoisotopic (exact) mass is 316 g/mol. The van der Waals surface area contributed by atoms with Crippen LogP contribution in [0.25, 0.3) is 0 Å². The summed E-state index contributed by atoms with van der Waals surface area (Å²) in [5, 5.41) is 10.6. The fourth-order valence-corrected chi connectivity index (χ4v) is 3.01. The molecular weight excluding hydrogens is 299 g/mol. The van der Waals surface area contributed by atoms with Gasteiger partial charge in [0.05, 0.1) is 5.69 Å². The topological polar surface area (TPSA) is 68.7 Å². The molecule has 1 aliphatic rings. The average Bonchev–Trinajstić information content (AvgIpc) is 2.33. The molecule has 0 aliphatic carbocycles. The van der Waals surface area contributed by atoms with Gasteiger partial charge < -0.3 is 14.9 Å². The molecule has 1 amide bonds. The van der Waals surface area contributed by atoms with Gasteiger partial charge in [0, 0.05) is 31.2 Å². The average molecular weight is 317 g/mol. The third-order valence-corrected chi connectivity index (χ3v) is 3.87. The maximum Gasteiger partial charge on any atom is 0.409 e. The number of piperazine rings is 1. The van der Waals surface area contributed by atoms with Gasteiger partial charge in [-0.05, 0) is 20.9 Å². The standard InChI is InChI=1S/C13H18ClFN4O2/c1-7-5-18(3)6-8(2)19(7)10-4-9(16-13(20)21)11(14)12(15)17-10/h4,7-8H,5-6H2,1-3H3,(H,16,17)(H,20,21)/t7-,8+. The molecule has 0 radical (unpaired) electrons. The Morgan fingerprint density at radius 3 is 2.57 bits per heavy atom. The molecule has 2 rings (SSSR count). The number of pyridine rings is 1. The zero-order valence-electron chi connectivity index (χ0n) is 12.1. The number of carboxylic acid groups (broad SMARTS) is 1. The highest BCUT2D eigenvalue weighted by Crippen LogP contribution is 2.31. The van der Waals surface area contributed by atoms with Crippen LogP contribution in [0.4, 0.5) is 20.7 Å². The molecule has 8 heteroatoms. The van der Waals surface area contributed by atoms with Crippen molar-refractivity contribution in [1.82, 2.24) is 9.88 Å². The van der Waals surface area contributed by atoms with E-state index in [9.17, 15) is 9.18 Å². The van der Waals surface area contributed by atoms with Gasteiger partial charge >= 0.3 is 6.09 Å². The summed E-state index contributed by atoms with van der Waals surface area (Å²) in [6, 6.07) is 1.73. The zero-order valence-corrected chi connectivity index (χ0v) is 12.9. The lowest BCUT2D eigenvalue weighted by molar-refractivity contribution is 0.209. The molecule has 0 spiro atoms. The summed E-state index contributed by atoms with van der Waals surface area (Å²) in [5.41, 5.74) is 0.00462. The van der Waals surface area contributed by atoms with E-state index < -0.39 is 12.0 Å². The number of halogens is 2. The van der Waals surface area contributed by atoms with E-state index in [1.165, 1.54) is 6.07 Å². The Morgan fingerprint density at radius 1 is 1.48 bits per heavy atom. The lowest BCUT2D eigenvalue weighted by Gasteiger charge is -2.44. The molecule has 0 saturated carbocycles. The van der Waals surface area contributed by atoms with Gasteiger partial charge in [-0.15, -0.1) is 0 Å². The lowest BCUT2D eigenvalue weighted by atomic mass is 10.1. The van der Waals surface area contributed by atoms with Gasteiger partial charge in [0.25, 0.3) is 0 Å². The molecule has 2 atom stereocenters. The molecule has 1 aromatic rings. The van der Waals surface area contributed by atoms with Gasteiger partial charge in [0.15, 0.2) is 0 Å². The van der Waals surface area contributed by atoms with Gasteiger partial charge in [-0.1, -0.05) is 11.6 Å². The first kappa shape index (κ1) is 15.8. The van der Waals surface area contributed by atoms with Crippen molar-refractivity contribution in [1.29, 1.82) is 0 Å². The summed E-state index contributed by atoms with van der Waals surface area (Å²) in [6.07, 6.45) is -1.30. The number of likely N-dealkylation sites (N-methyl/N-ethyl adjacent to an activating group) is 1. The van der Waals surface area contributed by atoms with E-state index in [0.717, 1.165) is 13.1 Å². The van der Waals surface area contributed by atoms with E-state index in [4.69, 9.17) is 16.7 Å². The molecule has 1 aromatic heterocycles. The Balaban J connectivity index is 2.39. The predicted molar refractivity (Wildman–Crippen MR) is 79.8 cm³/mol. The van der Waals surface area contributed by atoms with Crippen LogP contribution in [0.2, 0.25) is 5.02 Å². The van der Waals surface area contributed by atoms with Gasteiger partial charge in [-0.2, -0.15) is 4.39 Å². The summed E-state index contributed by atoms with van der Waals surface area (Å²) < 4.78 is 13.9. The minimum absolute atomic E-state index is 0.00462. The highest BCUT2D eigenvalue weighted by atomic mass is 35.5. The van der Waals surface area contributed by atoms with E-state index in [2.05, 4.69) is 15.2 Å². The first-order chi connectivity index (χ1) is 9.79. The second kappa shape index (κ2) is 6.03. The molecular formula is C13H18ClFN4O2. The molecule has 2 N–H and O–H groups in total. The molecule has 116 valence electrons. The van der Waals surface area contributed by atoms with Crippen LogP contribution in [-0.4, -0.2) is 53.3 Å². The summed E-state index contributed by atoms with van der Waals surface area (Å²) in [5.74, 6) is -0.495. The van der Waals surface area contributed by atoms with Crippen molar-refractivity contribution in [2.75, 3.05) is 30.4 Å². The Morgan fingerprint density at radius 2 is 2.05 bits per heavy atom. The number of hydrogen-bond donors (Lipinski definition) is 2. The van der Waals surface area contributed by atoms with Crippen molar-refractivity contribution >= 4 is 29.2 Å². The van der Waals surface area contributed by atoms with Crippen molar-refractivity contribution in [3.05, 3.63) is 17.0 Å². The molecule has 0 bridgehead atoms. The van der Waals surface area contributed by atoms with Crippen LogP contribution in [0.5, 0.6) is 0 Å². The van der Waals surface area contributed by atoms with Gasteiger partial charge in [-0.25, -0.2) is 9.78 Å². The normalized spacial score (nSPS) is 23.2. The molecule has 6 nitrogen and oxygen atoms in total. The minimum atomic E-state index is -1.30. The first-order valence-electron chi connectivity index (χ1n) is 6.62. The van der Waals surface area contributed by atoms with Crippen LogP contribution in [0.1, 0.15) is 13.8 Å². The SMILES string of the molecule is C[C@@H]1CN(C)C[C@H](C)N1c1cc(NC(=O)O)c(Cl)c(F)n1. The second-order valence-corrected chi connectivity index (χ2v) is 5.77. The number of hydrogen-bond acceptors (Lipinski definition) is 4. The third kappa shape index (κ3) is 3.36.